The molecule has 20 heavy (non-hydrogen) atoms. The van der Waals surface area contributed by atoms with Crippen LogP contribution in [0.5, 0.6) is 0 Å². The van der Waals surface area contributed by atoms with Crippen LogP contribution in [-0.2, 0) is 12.8 Å². The molecule has 0 unspecified atom stereocenters. The van der Waals surface area contributed by atoms with Crippen molar-refractivity contribution < 1.29 is 0 Å². The molecule has 0 amide bonds. The van der Waals surface area contributed by atoms with Gasteiger partial charge in [0.05, 0.1) is 0 Å². The molecule has 1 fully saturated rings. The highest BCUT2D eigenvalue weighted by atomic mass is 14.9. The second-order valence-corrected chi connectivity index (χ2v) is 7.36. The van der Waals surface area contributed by atoms with E-state index in [0.29, 0.717) is 0 Å². The molecule has 0 bridgehead atoms. The van der Waals surface area contributed by atoms with E-state index in [1.54, 1.807) is 0 Å². The first-order chi connectivity index (χ1) is 9.35. The first-order valence-electron chi connectivity index (χ1n) is 7.91. The standard InChI is InChI=1S/C17H29N3/c1-12-15(7-6-10-18-14-8-9-14)13(2)20-16(19-12)11-17(3,4)5/h14,18H,6-11H2,1-5H3. The minimum absolute atomic E-state index is 0.245. The second-order valence-electron chi connectivity index (χ2n) is 7.36. The molecular formula is C17H29N3. The van der Waals surface area contributed by atoms with Gasteiger partial charge < -0.3 is 5.32 Å². The van der Waals surface area contributed by atoms with E-state index < -0.39 is 0 Å². The number of rotatable bonds is 6. The van der Waals surface area contributed by atoms with E-state index >= 15 is 0 Å². The third-order valence-electron chi connectivity index (χ3n) is 3.77. The Morgan fingerprint density at radius 3 is 2.20 bits per heavy atom. The minimum atomic E-state index is 0.245. The summed E-state index contributed by atoms with van der Waals surface area (Å²) in [7, 11) is 0. The van der Waals surface area contributed by atoms with Crippen LogP contribution in [0.1, 0.15) is 62.8 Å². The van der Waals surface area contributed by atoms with Gasteiger partial charge in [0.15, 0.2) is 0 Å². The van der Waals surface area contributed by atoms with E-state index in [4.69, 9.17) is 9.97 Å². The monoisotopic (exact) mass is 275 g/mol. The molecule has 112 valence electrons. The van der Waals surface area contributed by atoms with E-state index in [2.05, 4.69) is 39.9 Å². The molecular weight excluding hydrogens is 246 g/mol. The van der Waals surface area contributed by atoms with Crippen LogP contribution >= 0.6 is 0 Å². The molecule has 0 saturated heterocycles. The van der Waals surface area contributed by atoms with E-state index in [1.807, 2.05) is 0 Å². The Balaban J connectivity index is 1.94. The van der Waals surface area contributed by atoms with Gasteiger partial charge in [-0.25, -0.2) is 9.97 Å². The van der Waals surface area contributed by atoms with Gasteiger partial charge in [0.2, 0.25) is 0 Å². The quantitative estimate of drug-likeness (QED) is 0.809. The molecule has 1 aromatic heterocycles. The van der Waals surface area contributed by atoms with Crippen LogP contribution in [0.2, 0.25) is 0 Å². The predicted octanol–water partition coefficient (Wildman–Crippen LogP) is 3.37. The Bertz CT molecular complexity index is 433. The van der Waals surface area contributed by atoms with Gasteiger partial charge in [0, 0.05) is 23.9 Å². The van der Waals surface area contributed by atoms with Crippen molar-refractivity contribution in [2.24, 2.45) is 5.41 Å². The van der Waals surface area contributed by atoms with Crippen LogP contribution in [0.4, 0.5) is 0 Å². The van der Waals surface area contributed by atoms with Crippen molar-refractivity contribution in [1.82, 2.24) is 15.3 Å². The lowest BCUT2D eigenvalue weighted by atomic mass is 9.91. The molecule has 1 saturated carbocycles. The van der Waals surface area contributed by atoms with E-state index in [-0.39, 0.29) is 5.41 Å². The summed E-state index contributed by atoms with van der Waals surface area (Å²) in [6.07, 6.45) is 5.94. The fraction of sp³-hybridized carbons (Fsp3) is 0.765. The molecule has 0 radical (unpaired) electrons. The molecule has 1 N–H and O–H groups in total. The highest BCUT2D eigenvalue weighted by Gasteiger charge is 2.20. The largest absolute Gasteiger partial charge is 0.314 e. The average Bonchev–Trinajstić information content (AvgIpc) is 3.08. The summed E-state index contributed by atoms with van der Waals surface area (Å²) in [5.41, 5.74) is 3.93. The van der Waals surface area contributed by atoms with Crippen LogP contribution in [-0.4, -0.2) is 22.6 Å². The molecule has 3 nitrogen and oxygen atoms in total. The summed E-state index contributed by atoms with van der Waals surface area (Å²) in [5.74, 6) is 0.993. The maximum atomic E-state index is 4.71. The molecule has 0 spiro atoms. The van der Waals surface area contributed by atoms with E-state index in [1.165, 1.54) is 36.2 Å². The summed E-state index contributed by atoms with van der Waals surface area (Å²) in [6, 6.07) is 0.808. The third-order valence-corrected chi connectivity index (χ3v) is 3.77. The lowest BCUT2D eigenvalue weighted by Gasteiger charge is -2.18. The Kier molecular flexibility index (Phi) is 4.79. The first-order valence-corrected chi connectivity index (χ1v) is 7.91. The van der Waals surface area contributed by atoms with Crippen LogP contribution in [0.25, 0.3) is 0 Å². The molecule has 2 rings (SSSR count). The summed E-state index contributed by atoms with van der Waals surface area (Å²) >= 11 is 0. The number of hydrogen-bond acceptors (Lipinski definition) is 3. The molecule has 0 atom stereocenters. The number of hydrogen-bond donors (Lipinski definition) is 1. The van der Waals surface area contributed by atoms with Crippen molar-refractivity contribution >= 4 is 0 Å². The minimum Gasteiger partial charge on any atom is -0.314 e. The maximum absolute atomic E-state index is 4.71. The lowest BCUT2D eigenvalue weighted by molar-refractivity contribution is 0.399. The summed E-state index contributed by atoms with van der Waals surface area (Å²) in [4.78, 5) is 9.43. The van der Waals surface area contributed by atoms with Gasteiger partial charge in [-0.05, 0) is 57.1 Å². The maximum Gasteiger partial charge on any atom is 0.129 e. The van der Waals surface area contributed by atoms with Crippen LogP contribution in [0.15, 0.2) is 0 Å². The zero-order valence-corrected chi connectivity index (χ0v) is 13.7. The number of aromatic nitrogens is 2. The average molecular weight is 275 g/mol. The van der Waals surface area contributed by atoms with Crippen molar-refractivity contribution in [2.45, 2.75) is 72.8 Å². The summed E-state index contributed by atoms with van der Waals surface area (Å²) in [5, 5.41) is 3.57. The van der Waals surface area contributed by atoms with Crippen molar-refractivity contribution in [3.8, 4) is 0 Å². The zero-order valence-electron chi connectivity index (χ0n) is 13.7. The van der Waals surface area contributed by atoms with Gasteiger partial charge >= 0.3 is 0 Å². The van der Waals surface area contributed by atoms with Gasteiger partial charge in [0.25, 0.3) is 0 Å². The van der Waals surface area contributed by atoms with Crippen molar-refractivity contribution in [3.63, 3.8) is 0 Å². The molecule has 0 aromatic carbocycles. The molecule has 3 heteroatoms. The van der Waals surface area contributed by atoms with E-state index in [9.17, 15) is 0 Å². The normalized spacial score (nSPS) is 15.7. The first kappa shape index (κ1) is 15.4. The van der Waals surface area contributed by atoms with Gasteiger partial charge in [-0.3, -0.25) is 0 Å². The Labute approximate surface area is 123 Å². The zero-order chi connectivity index (χ0) is 14.8. The SMILES string of the molecule is Cc1nc(CC(C)(C)C)nc(C)c1CCCNC1CC1. The Morgan fingerprint density at radius 1 is 1.10 bits per heavy atom. The summed E-state index contributed by atoms with van der Waals surface area (Å²) in [6.45, 7) is 12.1. The van der Waals surface area contributed by atoms with Gasteiger partial charge in [-0.1, -0.05) is 20.8 Å². The van der Waals surface area contributed by atoms with Crippen LogP contribution in [0.3, 0.4) is 0 Å². The highest BCUT2D eigenvalue weighted by molar-refractivity contribution is 5.24. The fourth-order valence-electron chi connectivity index (χ4n) is 2.58. The van der Waals surface area contributed by atoms with E-state index in [0.717, 1.165) is 31.3 Å². The number of nitrogens with one attached hydrogen (secondary N) is 1. The smallest absolute Gasteiger partial charge is 0.129 e. The number of aryl methyl sites for hydroxylation is 2. The molecule has 1 heterocycles. The van der Waals surface area contributed by atoms with Crippen molar-refractivity contribution in [2.75, 3.05) is 6.54 Å². The van der Waals surface area contributed by atoms with Crippen LogP contribution in [0, 0.1) is 19.3 Å². The third kappa shape index (κ3) is 4.86. The molecule has 1 aromatic rings. The van der Waals surface area contributed by atoms with Crippen molar-refractivity contribution in [1.29, 1.82) is 0 Å². The van der Waals surface area contributed by atoms with Gasteiger partial charge in [0.1, 0.15) is 5.82 Å². The molecule has 1 aliphatic rings. The Hall–Kier alpha value is -0.960. The lowest BCUT2D eigenvalue weighted by Crippen LogP contribution is -2.19. The molecule has 1 aliphatic carbocycles. The fourth-order valence-corrected chi connectivity index (χ4v) is 2.58. The molecule has 0 aliphatic heterocycles. The van der Waals surface area contributed by atoms with Crippen molar-refractivity contribution in [3.05, 3.63) is 22.8 Å². The van der Waals surface area contributed by atoms with Gasteiger partial charge in [-0.2, -0.15) is 0 Å². The highest BCUT2D eigenvalue weighted by Crippen LogP contribution is 2.21. The predicted molar refractivity (Wildman–Crippen MR) is 84.0 cm³/mol. The summed E-state index contributed by atoms with van der Waals surface area (Å²) < 4.78 is 0. The van der Waals surface area contributed by atoms with Gasteiger partial charge in [-0.15, -0.1) is 0 Å². The number of nitrogens with zero attached hydrogens (tertiary/aromatic N) is 2. The second kappa shape index (κ2) is 6.21. The Morgan fingerprint density at radius 2 is 1.70 bits per heavy atom. The topological polar surface area (TPSA) is 37.8 Å². The van der Waals surface area contributed by atoms with Crippen LogP contribution < -0.4 is 5.32 Å².